The second-order valence-corrected chi connectivity index (χ2v) is 6.14. The lowest BCUT2D eigenvalue weighted by Crippen LogP contribution is -2.03. The van der Waals surface area contributed by atoms with Crippen molar-refractivity contribution in [2.24, 2.45) is 0 Å². The van der Waals surface area contributed by atoms with Crippen molar-refractivity contribution in [3.05, 3.63) is 16.1 Å². The van der Waals surface area contributed by atoms with Crippen molar-refractivity contribution in [1.82, 2.24) is 4.98 Å². The van der Waals surface area contributed by atoms with Crippen molar-refractivity contribution in [2.45, 2.75) is 31.4 Å². The lowest BCUT2D eigenvalue weighted by Gasteiger charge is -2.09. The van der Waals surface area contributed by atoms with E-state index in [1.165, 1.54) is 11.8 Å². The van der Waals surface area contributed by atoms with Gasteiger partial charge in [0, 0.05) is 11.9 Å². The lowest BCUT2D eigenvalue weighted by atomic mass is 10.4. The van der Waals surface area contributed by atoms with Crippen LogP contribution >= 0.6 is 23.1 Å². The van der Waals surface area contributed by atoms with Crippen LogP contribution in [0, 0.1) is 0 Å². The maximum absolute atomic E-state index is 12.2. The number of alkyl halides is 3. The fourth-order valence-electron chi connectivity index (χ4n) is 0.937. The van der Waals surface area contributed by atoms with Gasteiger partial charge in [-0.3, -0.25) is 0 Å². The van der Waals surface area contributed by atoms with Gasteiger partial charge in [-0.1, -0.05) is 13.8 Å². The number of thiazole rings is 1. The van der Waals surface area contributed by atoms with Crippen molar-refractivity contribution < 1.29 is 18.3 Å². The summed E-state index contributed by atoms with van der Waals surface area (Å²) >= 11 is 2.00. The third kappa shape index (κ3) is 3.95. The quantitative estimate of drug-likeness (QED) is 0.911. The van der Waals surface area contributed by atoms with E-state index in [9.17, 15) is 18.3 Å². The molecule has 0 aliphatic heterocycles. The number of aromatic nitrogens is 1. The zero-order valence-corrected chi connectivity index (χ0v) is 10.4. The number of halogens is 3. The summed E-state index contributed by atoms with van der Waals surface area (Å²) in [6, 6.07) is 0. The van der Waals surface area contributed by atoms with E-state index in [-0.39, 0.29) is 4.88 Å². The van der Waals surface area contributed by atoms with Crippen molar-refractivity contribution in [2.75, 3.05) is 5.75 Å². The average Bonchev–Trinajstić information content (AvgIpc) is 2.61. The molecular formula is C9H12F3NOS2. The minimum atomic E-state index is -4.42. The lowest BCUT2D eigenvalue weighted by molar-refractivity contribution is -0.137. The molecule has 2 nitrogen and oxygen atoms in total. The van der Waals surface area contributed by atoms with E-state index in [0.717, 1.165) is 6.20 Å². The molecule has 1 rings (SSSR count). The molecule has 0 amide bonds. The molecule has 7 heteroatoms. The predicted octanol–water partition coefficient (Wildman–Crippen LogP) is 3.34. The predicted molar refractivity (Wildman–Crippen MR) is 59.7 cm³/mol. The highest BCUT2D eigenvalue weighted by molar-refractivity contribution is 7.99. The van der Waals surface area contributed by atoms with Crippen molar-refractivity contribution in [1.29, 1.82) is 0 Å². The summed E-state index contributed by atoms with van der Waals surface area (Å²) < 4.78 is 36.7. The van der Waals surface area contributed by atoms with E-state index in [2.05, 4.69) is 4.98 Å². The second-order valence-electron chi connectivity index (χ2n) is 3.46. The van der Waals surface area contributed by atoms with Gasteiger partial charge in [0.25, 0.3) is 0 Å². The number of hydrogen-bond acceptors (Lipinski definition) is 4. The first-order valence-electron chi connectivity index (χ1n) is 4.63. The van der Waals surface area contributed by atoms with Gasteiger partial charge < -0.3 is 5.11 Å². The number of aliphatic hydroxyl groups excluding tert-OH is 1. The molecule has 1 heterocycles. The van der Waals surface area contributed by atoms with Crippen LogP contribution in [-0.2, 0) is 6.18 Å². The van der Waals surface area contributed by atoms with Crippen LogP contribution in [-0.4, -0.2) is 21.1 Å². The molecule has 1 aromatic heterocycles. The molecule has 0 radical (unpaired) electrons. The van der Waals surface area contributed by atoms with Gasteiger partial charge in [-0.05, 0) is 5.25 Å². The van der Waals surface area contributed by atoms with Crippen molar-refractivity contribution in [3.63, 3.8) is 0 Å². The van der Waals surface area contributed by atoms with Crippen LogP contribution in [0.15, 0.2) is 6.20 Å². The Morgan fingerprint density at radius 1 is 1.50 bits per heavy atom. The number of thioether (sulfide) groups is 1. The molecule has 0 aliphatic carbocycles. The number of hydrogen-bond donors (Lipinski definition) is 1. The largest absolute Gasteiger partial charge is 0.443 e. The highest BCUT2D eigenvalue weighted by atomic mass is 32.2. The molecule has 0 saturated heterocycles. The van der Waals surface area contributed by atoms with Crippen molar-refractivity contribution in [3.8, 4) is 0 Å². The van der Waals surface area contributed by atoms with Gasteiger partial charge in [-0.2, -0.15) is 24.9 Å². The zero-order chi connectivity index (χ0) is 12.3. The first-order chi connectivity index (χ1) is 7.30. The fourth-order valence-corrected chi connectivity index (χ4v) is 2.56. The average molecular weight is 271 g/mol. The molecule has 0 aromatic carbocycles. The molecule has 0 aliphatic rings. The standard InChI is InChI=1S/C9H12F3NOS2/c1-5(2)15-4-6(14)7-3-13-8(16-7)9(10,11)12/h3,5-6,14H,4H2,1-2H3. The van der Waals surface area contributed by atoms with E-state index < -0.39 is 17.3 Å². The minimum absolute atomic E-state index is 0.264. The van der Waals surface area contributed by atoms with E-state index >= 15 is 0 Å². The molecule has 0 spiro atoms. The summed E-state index contributed by atoms with van der Waals surface area (Å²) in [4.78, 5) is 3.52. The highest BCUT2D eigenvalue weighted by Crippen LogP contribution is 2.35. The molecule has 0 saturated carbocycles. The van der Waals surface area contributed by atoms with Crippen molar-refractivity contribution >= 4 is 23.1 Å². The Kier molecular flexibility index (Phi) is 4.63. The molecule has 0 bridgehead atoms. The van der Waals surface area contributed by atoms with Gasteiger partial charge >= 0.3 is 6.18 Å². The molecule has 1 atom stereocenters. The Bertz CT molecular complexity index is 338. The zero-order valence-electron chi connectivity index (χ0n) is 8.78. The Labute approximate surface area is 99.9 Å². The Morgan fingerprint density at radius 3 is 2.56 bits per heavy atom. The first-order valence-corrected chi connectivity index (χ1v) is 6.50. The van der Waals surface area contributed by atoms with Crippen LogP contribution in [0.3, 0.4) is 0 Å². The van der Waals surface area contributed by atoms with Crippen LogP contribution in [0.1, 0.15) is 29.8 Å². The van der Waals surface area contributed by atoms with Gasteiger partial charge in [0.2, 0.25) is 0 Å². The van der Waals surface area contributed by atoms with E-state index in [1.54, 1.807) is 0 Å². The highest BCUT2D eigenvalue weighted by Gasteiger charge is 2.35. The molecule has 1 N–H and O–H groups in total. The molecule has 0 fully saturated rings. The fraction of sp³-hybridized carbons (Fsp3) is 0.667. The van der Waals surface area contributed by atoms with E-state index in [1.807, 2.05) is 13.8 Å². The molecule has 1 aromatic rings. The van der Waals surface area contributed by atoms with Crippen LogP contribution < -0.4 is 0 Å². The summed E-state index contributed by atoms with van der Waals surface area (Å²) in [5.74, 6) is 0.386. The number of rotatable bonds is 4. The monoisotopic (exact) mass is 271 g/mol. The van der Waals surface area contributed by atoms with Crippen LogP contribution in [0.4, 0.5) is 13.2 Å². The minimum Gasteiger partial charge on any atom is -0.387 e. The normalized spacial score (nSPS) is 14.4. The van der Waals surface area contributed by atoms with Crippen LogP contribution in [0.25, 0.3) is 0 Å². The maximum Gasteiger partial charge on any atom is 0.443 e. The maximum atomic E-state index is 12.2. The van der Waals surface area contributed by atoms with Gasteiger partial charge in [-0.25, -0.2) is 4.98 Å². The molecule has 16 heavy (non-hydrogen) atoms. The topological polar surface area (TPSA) is 33.1 Å². The molecular weight excluding hydrogens is 259 g/mol. The van der Waals surface area contributed by atoms with Gasteiger partial charge in [-0.15, -0.1) is 11.3 Å². The molecule has 92 valence electrons. The third-order valence-corrected chi connectivity index (χ3v) is 4.00. The number of nitrogens with zero attached hydrogens (tertiary/aromatic N) is 1. The van der Waals surface area contributed by atoms with Crippen LogP contribution in [0.5, 0.6) is 0 Å². The summed E-state index contributed by atoms with van der Waals surface area (Å²) in [5, 5.41) is 9.06. The SMILES string of the molecule is CC(C)SCC(O)c1cnc(C(F)(F)F)s1. The van der Waals surface area contributed by atoms with Gasteiger partial charge in [0.1, 0.15) is 0 Å². The smallest absolute Gasteiger partial charge is 0.387 e. The summed E-state index contributed by atoms with van der Waals surface area (Å²) in [6.45, 7) is 3.93. The summed E-state index contributed by atoms with van der Waals surface area (Å²) in [5.41, 5.74) is 0. The number of aliphatic hydroxyl groups is 1. The third-order valence-electron chi connectivity index (χ3n) is 1.68. The van der Waals surface area contributed by atoms with Gasteiger partial charge in [0.15, 0.2) is 5.01 Å². The summed E-state index contributed by atoms with van der Waals surface area (Å²) in [7, 11) is 0. The second kappa shape index (κ2) is 5.37. The van der Waals surface area contributed by atoms with Crippen LogP contribution in [0.2, 0.25) is 0 Å². The summed E-state index contributed by atoms with van der Waals surface area (Å²) in [6.07, 6.45) is -4.20. The Hall–Kier alpha value is -0.270. The Morgan fingerprint density at radius 2 is 2.12 bits per heavy atom. The van der Waals surface area contributed by atoms with E-state index in [0.29, 0.717) is 22.3 Å². The first kappa shape index (κ1) is 13.8. The van der Waals surface area contributed by atoms with E-state index in [4.69, 9.17) is 0 Å². The van der Waals surface area contributed by atoms with Gasteiger partial charge in [0.05, 0.1) is 11.0 Å². The molecule has 1 unspecified atom stereocenters. The Balaban J connectivity index is 2.63.